The van der Waals surface area contributed by atoms with E-state index >= 15 is 0 Å². The van der Waals surface area contributed by atoms with Gasteiger partial charge in [-0.1, -0.05) is 18.2 Å². The molecule has 0 saturated carbocycles. The molecule has 0 radical (unpaired) electrons. The van der Waals surface area contributed by atoms with Crippen LogP contribution in [0.4, 0.5) is 5.82 Å². The molecule has 2 aromatic rings. The van der Waals surface area contributed by atoms with Crippen LogP contribution >= 0.6 is 0 Å². The number of hydrogen-bond acceptors (Lipinski definition) is 3. The number of nitrogen functional groups attached to an aromatic ring is 1. The third-order valence-corrected chi connectivity index (χ3v) is 3.26. The molecule has 0 spiro atoms. The molecule has 108 valence electrons. The van der Waals surface area contributed by atoms with Crippen molar-refractivity contribution in [2.24, 2.45) is 0 Å². The van der Waals surface area contributed by atoms with Gasteiger partial charge < -0.3 is 15.0 Å². The van der Waals surface area contributed by atoms with Crippen LogP contribution in [0.1, 0.15) is 32.2 Å². The van der Waals surface area contributed by atoms with Crippen LogP contribution in [0.3, 0.4) is 0 Å². The molecule has 0 unspecified atom stereocenters. The maximum Gasteiger partial charge on any atom is 0.132 e. The smallest absolute Gasteiger partial charge is 0.132 e. The summed E-state index contributed by atoms with van der Waals surface area (Å²) in [5.74, 6) is 1.65. The number of nitrogens with two attached hydrogens (primary N) is 1. The molecule has 0 aliphatic rings. The molecule has 0 saturated heterocycles. The normalized spacial score (nSPS) is 11.8. The Morgan fingerprint density at radius 1 is 1.30 bits per heavy atom. The van der Waals surface area contributed by atoms with Crippen LogP contribution in [0, 0.1) is 6.92 Å². The lowest BCUT2D eigenvalue weighted by molar-refractivity contribution is 0.185. The lowest BCUT2D eigenvalue weighted by Crippen LogP contribution is -2.24. The first-order valence-corrected chi connectivity index (χ1v) is 6.78. The summed E-state index contributed by atoms with van der Waals surface area (Å²) < 4.78 is 7.25. The lowest BCUT2D eigenvalue weighted by Gasteiger charge is -2.24. The number of hydrogen-bond donors (Lipinski definition) is 1. The van der Waals surface area contributed by atoms with Crippen LogP contribution in [0.15, 0.2) is 24.3 Å². The number of nitrogens with zero attached hydrogens (tertiary/aromatic N) is 2. The van der Waals surface area contributed by atoms with Gasteiger partial charge in [0.1, 0.15) is 17.3 Å². The van der Waals surface area contributed by atoms with E-state index in [9.17, 15) is 0 Å². The second kappa shape index (κ2) is 5.29. The highest BCUT2D eigenvalue weighted by atomic mass is 16.5. The van der Waals surface area contributed by atoms with E-state index in [4.69, 9.17) is 10.5 Å². The second-order valence-corrected chi connectivity index (χ2v) is 6.03. The Morgan fingerprint density at radius 2 is 2.00 bits per heavy atom. The third kappa shape index (κ3) is 2.70. The van der Waals surface area contributed by atoms with Gasteiger partial charge in [-0.3, -0.25) is 0 Å². The fraction of sp³-hybridized carbons (Fsp3) is 0.438. The molecule has 0 fully saturated rings. The number of rotatable bonds is 3. The highest BCUT2D eigenvalue weighted by molar-refractivity contribution is 5.71. The van der Waals surface area contributed by atoms with Gasteiger partial charge in [0.05, 0.1) is 6.61 Å². The largest absolute Gasteiger partial charge is 0.383 e. The molecule has 2 rings (SSSR count). The van der Waals surface area contributed by atoms with Crippen LogP contribution in [0.5, 0.6) is 0 Å². The molecular formula is C16H23N3O. The molecular weight excluding hydrogens is 250 g/mol. The van der Waals surface area contributed by atoms with Crippen LogP contribution in [-0.2, 0) is 16.9 Å². The summed E-state index contributed by atoms with van der Waals surface area (Å²) >= 11 is 0. The molecule has 1 aromatic carbocycles. The van der Waals surface area contributed by atoms with Crippen molar-refractivity contribution in [3.63, 3.8) is 0 Å². The Labute approximate surface area is 120 Å². The molecule has 0 atom stereocenters. The zero-order valence-electron chi connectivity index (χ0n) is 12.9. The van der Waals surface area contributed by atoms with E-state index in [2.05, 4.69) is 36.4 Å². The Hall–Kier alpha value is -1.81. The third-order valence-electron chi connectivity index (χ3n) is 3.26. The molecule has 0 bridgehead atoms. The topological polar surface area (TPSA) is 53.1 Å². The highest BCUT2D eigenvalue weighted by Crippen LogP contribution is 2.31. The first kappa shape index (κ1) is 14.6. The van der Waals surface area contributed by atoms with E-state index in [1.165, 1.54) is 0 Å². The number of benzene rings is 1. The van der Waals surface area contributed by atoms with Gasteiger partial charge in [-0.15, -0.1) is 0 Å². The molecule has 1 aromatic heterocycles. The summed E-state index contributed by atoms with van der Waals surface area (Å²) in [5, 5.41) is 0. The van der Waals surface area contributed by atoms with Crippen molar-refractivity contribution < 1.29 is 4.74 Å². The maximum atomic E-state index is 6.32. The van der Waals surface area contributed by atoms with Crippen molar-refractivity contribution in [2.75, 3.05) is 12.8 Å². The van der Waals surface area contributed by atoms with Gasteiger partial charge in [0.25, 0.3) is 0 Å². The van der Waals surface area contributed by atoms with Gasteiger partial charge in [0.2, 0.25) is 0 Å². The monoisotopic (exact) mass is 273 g/mol. The summed E-state index contributed by atoms with van der Waals surface area (Å²) in [6.07, 6.45) is 0. The fourth-order valence-corrected chi connectivity index (χ4v) is 2.58. The summed E-state index contributed by atoms with van der Waals surface area (Å²) in [7, 11) is 1.69. The molecule has 20 heavy (non-hydrogen) atoms. The summed E-state index contributed by atoms with van der Waals surface area (Å²) in [5.41, 5.74) is 9.23. The Bertz CT molecular complexity index is 609. The summed E-state index contributed by atoms with van der Waals surface area (Å²) in [6, 6.07) is 8.16. The summed E-state index contributed by atoms with van der Waals surface area (Å²) in [6.45, 7) is 8.96. The van der Waals surface area contributed by atoms with Crippen molar-refractivity contribution in [1.29, 1.82) is 0 Å². The zero-order chi connectivity index (χ0) is 14.9. The zero-order valence-corrected chi connectivity index (χ0v) is 12.9. The van der Waals surface area contributed by atoms with E-state index < -0.39 is 0 Å². The van der Waals surface area contributed by atoms with Crippen LogP contribution in [0.2, 0.25) is 0 Å². The van der Waals surface area contributed by atoms with Crippen LogP contribution in [-0.4, -0.2) is 16.7 Å². The molecule has 4 nitrogen and oxygen atoms in total. The molecule has 2 N–H and O–H groups in total. The minimum Gasteiger partial charge on any atom is -0.383 e. The Kier molecular flexibility index (Phi) is 3.86. The maximum absolute atomic E-state index is 6.32. The van der Waals surface area contributed by atoms with Gasteiger partial charge >= 0.3 is 0 Å². The van der Waals surface area contributed by atoms with Gasteiger partial charge in [0, 0.05) is 18.2 Å². The average molecular weight is 273 g/mol. The van der Waals surface area contributed by atoms with Crippen molar-refractivity contribution in [2.45, 2.75) is 39.8 Å². The molecule has 0 amide bonds. The second-order valence-electron chi connectivity index (χ2n) is 6.03. The first-order chi connectivity index (χ1) is 9.34. The van der Waals surface area contributed by atoms with Crippen molar-refractivity contribution in [1.82, 2.24) is 9.55 Å². The number of anilines is 1. The molecule has 4 heteroatoms. The van der Waals surface area contributed by atoms with Crippen LogP contribution < -0.4 is 5.73 Å². The minimum atomic E-state index is -0.0798. The number of aryl methyl sites for hydroxylation is 1. The number of ether oxygens (including phenoxy) is 1. The molecule has 0 aliphatic heterocycles. The van der Waals surface area contributed by atoms with Gasteiger partial charge in [-0.2, -0.15) is 0 Å². The molecule has 0 aliphatic carbocycles. The first-order valence-electron chi connectivity index (χ1n) is 6.78. The quantitative estimate of drug-likeness (QED) is 0.933. The van der Waals surface area contributed by atoms with E-state index in [0.717, 1.165) is 22.6 Å². The SMILES string of the molecule is COCc1cccc(-c2nc(C)n(C(C)(C)C)c2N)c1. The van der Waals surface area contributed by atoms with Crippen molar-refractivity contribution in [3.8, 4) is 11.3 Å². The standard InChI is InChI=1S/C16H23N3O/c1-11-18-14(15(17)19(11)16(2,3)4)13-8-6-7-12(9-13)10-20-5/h6-9H,10,17H2,1-5H3. The fourth-order valence-electron chi connectivity index (χ4n) is 2.58. The predicted molar refractivity (Wildman–Crippen MR) is 82.5 cm³/mol. The average Bonchev–Trinajstić information content (AvgIpc) is 2.65. The van der Waals surface area contributed by atoms with E-state index in [-0.39, 0.29) is 5.54 Å². The van der Waals surface area contributed by atoms with Crippen molar-refractivity contribution in [3.05, 3.63) is 35.7 Å². The number of methoxy groups -OCH3 is 1. The summed E-state index contributed by atoms with van der Waals surface area (Å²) in [4.78, 5) is 4.65. The van der Waals surface area contributed by atoms with Crippen LogP contribution in [0.25, 0.3) is 11.3 Å². The Morgan fingerprint density at radius 3 is 2.55 bits per heavy atom. The lowest BCUT2D eigenvalue weighted by atomic mass is 10.1. The predicted octanol–water partition coefficient (Wildman–Crippen LogP) is 3.34. The van der Waals surface area contributed by atoms with Gasteiger partial charge in [-0.25, -0.2) is 4.98 Å². The Balaban J connectivity index is 2.51. The number of imidazole rings is 1. The van der Waals surface area contributed by atoms with Gasteiger partial charge in [-0.05, 0) is 39.3 Å². The van der Waals surface area contributed by atoms with E-state index in [0.29, 0.717) is 12.4 Å². The highest BCUT2D eigenvalue weighted by Gasteiger charge is 2.22. The minimum absolute atomic E-state index is 0.0798. The van der Waals surface area contributed by atoms with Crippen molar-refractivity contribution >= 4 is 5.82 Å². The van der Waals surface area contributed by atoms with E-state index in [1.807, 2.05) is 25.1 Å². The van der Waals surface area contributed by atoms with E-state index in [1.54, 1.807) is 7.11 Å². The van der Waals surface area contributed by atoms with Gasteiger partial charge in [0.15, 0.2) is 0 Å². The number of aromatic nitrogens is 2. The molecule has 1 heterocycles.